The van der Waals surface area contributed by atoms with E-state index in [1.807, 2.05) is 41.1 Å². The molecule has 7 nitrogen and oxygen atoms in total. The lowest BCUT2D eigenvalue weighted by Gasteiger charge is -2.07. The summed E-state index contributed by atoms with van der Waals surface area (Å²) < 4.78 is 2.05. The van der Waals surface area contributed by atoms with E-state index in [2.05, 4.69) is 19.9 Å². The van der Waals surface area contributed by atoms with Crippen LogP contribution in [0.25, 0.3) is 11.4 Å². The van der Waals surface area contributed by atoms with Crippen LogP contribution >= 0.6 is 0 Å². The van der Waals surface area contributed by atoms with E-state index >= 15 is 0 Å². The fraction of sp³-hybridized carbons (Fsp3) is 0.143. The van der Waals surface area contributed by atoms with Crippen molar-refractivity contribution in [3.63, 3.8) is 0 Å². The zero-order valence-electron chi connectivity index (χ0n) is 11.3. The second kappa shape index (κ2) is 5.58. The lowest BCUT2D eigenvalue weighted by atomic mass is 10.2. The Balaban J connectivity index is 1.79. The first-order valence-corrected chi connectivity index (χ1v) is 6.55. The van der Waals surface area contributed by atoms with Gasteiger partial charge in [-0.15, -0.1) is 0 Å². The van der Waals surface area contributed by atoms with Crippen molar-refractivity contribution in [2.45, 2.75) is 13.0 Å². The largest absolute Gasteiger partial charge is 0.368 e. The Morgan fingerprint density at radius 2 is 1.67 bits per heavy atom. The summed E-state index contributed by atoms with van der Waals surface area (Å²) in [4.78, 5) is 16.3. The van der Waals surface area contributed by atoms with Crippen molar-refractivity contribution in [3.05, 3.63) is 48.5 Å². The van der Waals surface area contributed by atoms with Crippen LogP contribution in [0, 0.1) is 0 Å². The molecule has 3 rings (SSSR count). The van der Waals surface area contributed by atoms with Crippen molar-refractivity contribution in [3.8, 4) is 11.4 Å². The smallest absolute Gasteiger partial charge is 0.225 e. The van der Waals surface area contributed by atoms with Gasteiger partial charge in [0.15, 0.2) is 0 Å². The van der Waals surface area contributed by atoms with E-state index in [0.717, 1.165) is 11.4 Å². The summed E-state index contributed by atoms with van der Waals surface area (Å²) >= 11 is 0. The van der Waals surface area contributed by atoms with Crippen molar-refractivity contribution in [1.29, 1.82) is 0 Å². The standard InChI is InChI=1S/C14H15N7/c15-13-18-11(19-14(16)20-13)6-8-21-9-7-17-12(21)10-4-2-1-3-5-10/h1-5,7,9H,6,8H2,(H4,15,16,18,19,20). The minimum absolute atomic E-state index is 0.145. The number of rotatable bonds is 4. The van der Waals surface area contributed by atoms with Crippen LogP contribution in [0.15, 0.2) is 42.7 Å². The van der Waals surface area contributed by atoms with Crippen LogP contribution in [-0.4, -0.2) is 24.5 Å². The summed E-state index contributed by atoms with van der Waals surface area (Å²) in [7, 11) is 0. The van der Waals surface area contributed by atoms with Crippen LogP contribution in [0.1, 0.15) is 5.82 Å². The normalized spacial score (nSPS) is 10.7. The van der Waals surface area contributed by atoms with Crippen molar-refractivity contribution in [1.82, 2.24) is 24.5 Å². The average Bonchev–Trinajstić information content (AvgIpc) is 2.93. The lowest BCUT2D eigenvalue weighted by Crippen LogP contribution is -2.10. The molecule has 0 unspecified atom stereocenters. The third kappa shape index (κ3) is 2.97. The number of hydrogen-bond donors (Lipinski definition) is 2. The fourth-order valence-corrected chi connectivity index (χ4v) is 2.13. The second-order valence-corrected chi connectivity index (χ2v) is 4.53. The molecule has 0 bridgehead atoms. The number of aryl methyl sites for hydroxylation is 2. The van der Waals surface area contributed by atoms with E-state index in [4.69, 9.17) is 11.5 Å². The maximum Gasteiger partial charge on any atom is 0.225 e. The SMILES string of the molecule is Nc1nc(N)nc(CCn2ccnc2-c2ccccc2)n1. The highest BCUT2D eigenvalue weighted by Crippen LogP contribution is 2.17. The number of nitrogen functional groups attached to an aromatic ring is 2. The Morgan fingerprint density at radius 3 is 2.38 bits per heavy atom. The molecule has 2 heterocycles. The first kappa shape index (κ1) is 13.0. The number of hydrogen-bond acceptors (Lipinski definition) is 6. The van der Waals surface area contributed by atoms with Gasteiger partial charge in [-0.2, -0.15) is 15.0 Å². The van der Waals surface area contributed by atoms with Crippen LogP contribution in [0.5, 0.6) is 0 Å². The predicted molar refractivity (Wildman–Crippen MR) is 80.0 cm³/mol. The molecule has 1 aromatic carbocycles. The molecule has 0 radical (unpaired) electrons. The second-order valence-electron chi connectivity index (χ2n) is 4.53. The van der Waals surface area contributed by atoms with Gasteiger partial charge in [0.25, 0.3) is 0 Å². The van der Waals surface area contributed by atoms with Gasteiger partial charge in [0.2, 0.25) is 11.9 Å². The summed E-state index contributed by atoms with van der Waals surface area (Å²) in [6.07, 6.45) is 4.31. The van der Waals surface area contributed by atoms with Gasteiger partial charge in [-0.3, -0.25) is 0 Å². The van der Waals surface area contributed by atoms with Crippen molar-refractivity contribution < 1.29 is 0 Å². The third-order valence-corrected chi connectivity index (χ3v) is 3.04. The first-order valence-electron chi connectivity index (χ1n) is 6.55. The van der Waals surface area contributed by atoms with Crippen molar-refractivity contribution in [2.24, 2.45) is 0 Å². The van der Waals surface area contributed by atoms with E-state index in [-0.39, 0.29) is 11.9 Å². The highest BCUT2D eigenvalue weighted by atomic mass is 15.1. The van der Waals surface area contributed by atoms with Crippen LogP contribution in [0.3, 0.4) is 0 Å². The van der Waals surface area contributed by atoms with Gasteiger partial charge >= 0.3 is 0 Å². The summed E-state index contributed by atoms with van der Waals surface area (Å²) in [5.74, 6) is 1.77. The predicted octanol–water partition coefficient (Wildman–Crippen LogP) is 1.14. The molecule has 0 fully saturated rings. The van der Waals surface area contributed by atoms with E-state index in [9.17, 15) is 0 Å². The maximum absolute atomic E-state index is 5.57. The van der Waals surface area contributed by atoms with Crippen LogP contribution in [0.2, 0.25) is 0 Å². The van der Waals surface area contributed by atoms with Crippen LogP contribution in [-0.2, 0) is 13.0 Å². The molecule has 0 spiro atoms. The van der Waals surface area contributed by atoms with Gasteiger partial charge in [-0.05, 0) is 0 Å². The van der Waals surface area contributed by atoms with E-state index < -0.39 is 0 Å². The topological polar surface area (TPSA) is 109 Å². The monoisotopic (exact) mass is 281 g/mol. The quantitative estimate of drug-likeness (QED) is 0.742. The molecule has 7 heteroatoms. The summed E-state index contributed by atoms with van der Waals surface area (Å²) in [5.41, 5.74) is 12.2. The molecule has 2 aromatic heterocycles. The third-order valence-electron chi connectivity index (χ3n) is 3.04. The summed E-state index contributed by atoms with van der Waals surface area (Å²) in [5, 5.41) is 0. The van der Waals surface area contributed by atoms with Crippen LogP contribution < -0.4 is 11.5 Å². The van der Waals surface area contributed by atoms with E-state index in [0.29, 0.717) is 18.8 Å². The Bertz CT molecular complexity index is 716. The zero-order chi connectivity index (χ0) is 14.7. The first-order chi connectivity index (χ1) is 10.2. The van der Waals surface area contributed by atoms with E-state index in [1.54, 1.807) is 6.20 Å². The highest BCUT2D eigenvalue weighted by molar-refractivity contribution is 5.55. The van der Waals surface area contributed by atoms with E-state index in [1.165, 1.54) is 0 Å². The Kier molecular flexibility index (Phi) is 3.46. The number of benzene rings is 1. The number of nitrogens with zero attached hydrogens (tertiary/aromatic N) is 5. The van der Waals surface area contributed by atoms with Gasteiger partial charge in [0.05, 0.1) is 0 Å². The zero-order valence-corrected chi connectivity index (χ0v) is 11.3. The molecular formula is C14H15N7. The number of imidazole rings is 1. The van der Waals surface area contributed by atoms with Gasteiger partial charge < -0.3 is 16.0 Å². The Hall–Kier alpha value is -2.96. The Labute approximate surface area is 121 Å². The van der Waals surface area contributed by atoms with Crippen molar-refractivity contribution in [2.75, 3.05) is 11.5 Å². The van der Waals surface area contributed by atoms with Gasteiger partial charge in [0, 0.05) is 30.9 Å². The minimum Gasteiger partial charge on any atom is -0.368 e. The van der Waals surface area contributed by atoms with Gasteiger partial charge in [-0.25, -0.2) is 4.98 Å². The fourth-order valence-electron chi connectivity index (χ4n) is 2.13. The molecule has 0 aliphatic rings. The number of nitrogens with two attached hydrogens (primary N) is 2. The molecule has 0 aliphatic carbocycles. The van der Waals surface area contributed by atoms with Crippen LogP contribution in [0.4, 0.5) is 11.9 Å². The molecular weight excluding hydrogens is 266 g/mol. The molecule has 0 saturated carbocycles. The Morgan fingerprint density at radius 1 is 0.952 bits per heavy atom. The van der Waals surface area contributed by atoms with Crippen molar-refractivity contribution >= 4 is 11.9 Å². The number of anilines is 2. The molecule has 106 valence electrons. The molecule has 0 amide bonds. The van der Waals surface area contributed by atoms with Gasteiger partial charge in [0.1, 0.15) is 11.6 Å². The lowest BCUT2D eigenvalue weighted by molar-refractivity contribution is 0.676. The molecule has 0 atom stereocenters. The number of aromatic nitrogens is 5. The molecule has 0 aliphatic heterocycles. The summed E-state index contributed by atoms with van der Waals surface area (Å²) in [6.45, 7) is 0.688. The minimum atomic E-state index is 0.145. The molecule has 0 saturated heterocycles. The maximum atomic E-state index is 5.57. The average molecular weight is 281 g/mol. The van der Waals surface area contributed by atoms with Gasteiger partial charge in [-0.1, -0.05) is 30.3 Å². The molecule has 4 N–H and O–H groups in total. The highest BCUT2D eigenvalue weighted by Gasteiger charge is 2.07. The molecule has 3 aromatic rings. The summed E-state index contributed by atoms with van der Waals surface area (Å²) in [6, 6.07) is 10.0. The molecule has 21 heavy (non-hydrogen) atoms.